The molecule has 0 amide bonds. The molecule has 2 rings (SSSR count). The molecule has 18 heavy (non-hydrogen) atoms. The van der Waals surface area contributed by atoms with Crippen molar-refractivity contribution in [1.82, 2.24) is 0 Å². The molecular weight excluding hydrogens is 220 g/mol. The lowest BCUT2D eigenvalue weighted by Gasteiger charge is -2.40. The number of nitrogens with one attached hydrogen (secondary N) is 1. The molecule has 2 nitrogen and oxygen atoms in total. The van der Waals surface area contributed by atoms with Gasteiger partial charge in [0.2, 0.25) is 0 Å². The summed E-state index contributed by atoms with van der Waals surface area (Å²) in [6.45, 7) is 4.28. The van der Waals surface area contributed by atoms with Crippen molar-refractivity contribution in [1.29, 1.82) is 5.26 Å². The molecule has 2 unspecified atom stereocenters. The van der Waals surface area contributed by atoms with Crippen LogP contribution in [0.15, 0.2) is 24.3 Å². The van der Waals surface area contributed by atoms with Crippen LogP contribution in [0.25, 0.3) is 0 Å². The van der Waals surface area contributed by atoms with Gasteiger partial charge in [-0.3, -0.25) is 0 Å². The van der Waals surface area contributed by atoms with E-state index in [2.05, 4.69) is 49.5 Å². The van der Waals surface area contributed by atoms with Gasteiger partial charge in [-0.25, -0.2) is 0 Å². The average molecular weight is 242 g/mol. The molecule has 96 valence electrons. The Labute approximate surface area is 110 Å². The first-order valence-corrected chi connectivity index (χ1v) is 6.96. The van der Waals surface area contributed by atoms with Gasteiger partial charge in [0.1, 0.15) is 5.54 Å². The number of aryl methyl sites for hydroxylation is 1. The van der Waals surface area contributed by atoms with Crippen molar-refractivity contribution in [2.45, 2.75) is 51.5 Å². The Balaban J connectivity index is 2.21. The molecule has 0 aliphatic heterocycles. The molecule has 0 spiro atoms. The maximum Gasteiger partial charge on any atom is 0.128 e. The number of benzene rings is 1. The van der Waals surface area contributed by atoms with Gasteiger partial charge in [0, 0.05) is 5.69 Å². The molecule has 2 atom stereocenters. The van der Waals surface area contributed by atoms with Gasteiger partial charge < -0.3 is 5.32 Å². The number of hydrogen-bond acceptors (Lipinski definition) is 2. The highest BCUT2D eigenvalue weighted by atomic mass is 15.0. The first-order chi connectivity index (χ1) is 8.70. The molecule has 1 saturated carbocycles. The van der Waals surface area contributed by atoms with Crippen molar-refractivity contribution < 1.29 is 0 Å². The van der Waals surface area contributed by atoms with Crippen molar-refractivity contribution in [3.63, 3.8) is 0 Å². The van der Waals surface area contributed by atoms with E-state index in [9.17, 15) is 5.26 Å². The molecule has 1 aromatic rings. The third kappa shape index (κ3) is 2.51. The maximum absolute atomic E-state index is 9.65. The monoisotopic (exact) mass is 242 g/mol. The highest BCUT2D eigenvalue weighted by molar-refractivity contribution is 5.49. The van der Waals surface area contributed by atoms with Crippen LogP contribution >= 0.6 is 0 Å². The summed E-state index contributed by atoms with van der Waals surface area (Å²) < 4.78 is 0. The van der Waals surface area contributed by atoms with Crippen molar-refractivity contribution in [2.75, 3.05) is 5.32 Å². The van der Waals surface area contributed by atoms with Crippen molar-refractivity contribution in [3.8, 4) is 6.07 Å². The van der Waals surface area contributed by atoms with Crippen molar-refractivity contribution in [2.24, 2.45) is 5.92 Å². The van der Waals surface area contributed by atoms with Crippen molar-refractivity contribution >= 4 is 5.69 Å². The Hall–Kier alpha value is -1.49. The van der Waals surface area contributed by atoms with E-state index >= 15 is 0 Å². The minimum atomic E-state index is -0.359. The Kier molecular flexibility index (Phi) is 3.91. The van der Waals surface area contributed by atoms with Crippen LogP contribution in [0.1, 0.15) is 44.6 Å². The van der Waals surface area contributed by atoms with Crippen LogP contribution in [0.2, 0.25) is 0 Å². The number of rotatable bonds is 3. The molecule has 0 saturated heterocycles. The molecule has 0 bridgehead atoms. The number of nitriles is 1. The van der Waals surface area contributed by atoms with Gasteiger partial charge in [-0.15, -0.1) is 0 Å². The predicted molar refractivity (Wildman–Crippen MR) is 75.4 cm³/mol. The summed E-state index contributed by atoms with van der Waals surface area (Å²) in [4.78, 5) is 0. The molecular formula is C16H22N2. The van der Waals surface area contributed by atoms with E-state index in [1.165, 1.54) is 18.4 Å². The summed E-state index contributed by atoms with van der Waals surface area (Å²) in [6.07, 6.45) is 5.63. The first kappa shape index (κ1) is 13.0. The predicted octanol–water partition coefficient (Wildman–Crippen LogP) is 4.27. The summed E-state index contributed by atoms with van der Waals surface area (Å²) in [6, 6.07) is 10.9. The molecule has 0 radical (unpaired) electrons. The molecule has 0 aromatic heterocycles. The van der Waals surface area contributed by atoms with Crippen LogP contribution in [-0.4, -0.2) is 5.54 Å². The fraction of sp³-hybridized carbons (Fsp3) is 0.562. The summed E-state index contributed by atoms with van der Waals surface area (Å²) in [5.74, 6) is 0.470. The lowest BCUT2D eigenvalue weighted by molar-refractivity contribution is 0.259. The lowest BCUT2D eigenvalue weighted by atomic mass is 9.72. The van der Waals surface area contributed by atoms with Crippen LogP contribution in [0.3, 0.4) is 0 Å². The van der Waals surface area contributed by atoms with E-state index in [0.717, 1.165) is 24.9 Å². The Morgan fingerprint density at radius 3 is 2.67 bits per heavy atom. The highest BCUT2D eigenvalue weighted by Crippen LogP contribution is 2.38. The Bertz CT molecular complexity index is 429. The molecule has 2 heteroatoms. The second-order valence-electron chi connectivity index (χ2n) is 5.43. The first-order valence-electron chi connectivity index (χ1n) is 6.96. The van der Waals surface area contributed by atoms with Gasteiger partial charge in [-0.1, -0.05) is 43.9 Å². The van der Waals surface area contributed by atoms with E-state index in [-0.39, 0.29) is 5.54 Å². The van der Waals surface area contributed by atoms with Crippen LogP contribution < -0.4 is 5.32 Å². The largest absolute Gasteiger partial charge is 0.367 e. The zero-order chi connectivity index (χ0) is 13.0. The van der Waals surface area contributed by atoms with Crippen molar-refractivity contribution in [3.05, 3.63) is 29.8 Å². The van der Waals surface area contributed by atoms with E-state index < -0.39 is 0 Å². The maximum atomic E-state index is 9.65. The number of nitrogens with zero attached hydrogens (tertiary/aromatic N) is 1. The molecule has 1 fully saturated rings. The summed E-state index contributed by atoms with van der Waals surface area (Å²) >= 11 is 0. The zero-order valence-corrected chi connectivity index (χ0v) is 11.4. The topological polar surface area (TPSA) is 35.8 Å². The minimum absolute atomic E-state index is 0.359. The summed E-state index contributed by atoms with van der Waals surface area (Å²) in [7, 11) is 0. The second kappa shape index (κ2) is 5.44. The van der Waals surface area contributed by atoms with E-state index in [4.69, 9.17) is 0 Å². The highest BCUT2D eigenvalue weighted by Gasteiger charge is 2.39. The third-order valence-corrected chi connectivity index (χ3v) is 4.18. The molecule has 1 aliphatic rings. The lowest BCUT2D eigenvalue weighted by Crippen LogP contribution is -2.46. The van der Waals surface area contributed by atoms with E-state index in [1.807, 2.05) is 0 Å². The van der Waals surface area contributed by atoms with Crippen LogP contribution in [-0.2, 0) is 0 Å². The second-order valence-corrected chi connectivity index (χ2v) is 5.43. The average Bonchev–Trinajstić information content (AvgIpc) is 2.42. The normalized spacial score (nSPS) is 27.5. The fourth-order valence-electron chi connectivity index (χ4n) is 3.03. The van der Waals surface area contributed by atoms with Gasteiger partial charge in [-0.05, 0) is 37.8 Å². The Morgan fingerprint density at radius 2 is 2.06 bits per heavy atom. The smallest absolute Gasteiger partial charge is 0.128 e. The van der Waals surface area contributed by atoms with Crippen LogP contribution in [0, 0.1) is 24.2 Å². The van der Waals surface area contributed by atoms with Gasteiger partial charge in [-0.2, -0.15) is 5.26 Å². The zero-order valence-electron chi connectivity index (χ0n) is 11.4. The van der Waals surface area contributed by atoms with Gasteiger partial charge in [0.05, 0.1) is 6.07 Å². The van der Waals surface area contributed by atoms with E-state index in [1.54, 1.807) is 0 Å². The molecule has 1 aromatic carbocycles. The fourth-order valence-corrected chi connectivity index (χ4v) is 3.03. The standard InChI is InChI=1S/C16H22N2/c1-3-14-6-4-5-11-16(14,12-17)18-15-9-7-13(2)8-10-15/h7-10,14,18H,3-6,11H2,1-2H3. The van der Waals surface area contributed by atoms with Gasteiger partial charge in [0.15, 0.2) is 0 Å². The Morgan fingerprint density at radius 1 is 1.33 bits per heavy atom. The van der Waals surface area contributed by atoms with E-state index in [0.29, 0.717) is 5.92 Å². The molecule has 0 heterocycles. The number of hydrogen-bond donors (Lipinski definition) is 1. The quantitative estimate of drug-likeness (QED) is 0.859. The molecule has 1 N–H and O–H groups in total. The third-order valence-electron chi connectivity index (χ3n) is 4.18. The SMILES string of the molecule is CCC1CCCCC1(C#N)Nc1ccc(C)cc1. The summed E-state index contributed by atoms with van der Waals surface area (Å²) in [5.41, 5.74) is 1.96. The molecule has 1 aliphatic carbocycles. The van der Waals surface area contributed by atoms with Crippen LogP contribution in [0.4, 0.5) is 5.69 Å². The summed E-state index contributed by atoms with van der Waals surface area (Å²) in [5, 5.41) is 13.2. The van der Waals surface area contributed by atoms with Gasteiger partial charge >= 0.3 is 0 Å². The number of anilines is 1. The van der Waals surface area contributed by atoms with Crippen LogP contribution in [0.5, 0.6) is 0 Å². The van der Waals surface area contributed by atoms with Gasteiger partial charge in [0.25, 0.3) is 0 Å². The minimum Gasteiger partial charge on any atom is -0.367 e.